The van der Waals surface area contributed by atoms with E-state index in [1.807, 2.05) is 18.2 Å². The summed E-state index contributed by atoms with van der Waals surface area (Å²) < 4.78 is 10.9. The fraction of sp³-hybridized carbons (Fsp3) is 0.462. The number of para-hydroxylation sites is 1. The maximum atomic E-state index is 12.8. The molecular weight excluding hydrogens is 420 g/mol. The molecule has 0 bridgehead atoms. The van der Waals surface area contributed by atoms with E-state index in [1.165, 1.54) is 20.0 Å². The molecule has 33 heavy (non-hydrogen) atoms. The number of hydrogen-bond donors (Lipinski definition) is 2. The third-order valence-electron chi connectivity index (χ3n) is 6.75. The highest BCUT2D eigenvalue weighted by molar-refractivity contribution is 5.79. The number of phenolic OH excluding ortho intramolecular Hbond substituents is 1. The monoisotopic (exact) mass is 452 g/mol. The summed E-state index contributed by atoms with van der Waals surface area (Å²) in [6.45, 7) is 1.35. The molecule has 7 heteroatoms. The van der Waals surface area contributed by atoms with Crippen molar-refractivity contribution in [2.24, 2.45) is 5.92 Å². The molecule has 2 aliphatic rings. The van der Waals surface area contributed by atoms with Crippen LogP contribution < -0.4 is 14.8 Å². The van der Waals surface area contributed by atoms with E-state index in [4.69, 9.17) is 9.47 Å². The first-order chi connectivity index (χ1) is 16.0. The molecule has 2 amide bonds. The summed E-state index contributed by atoms with van der Waals surface area (Å²) in [7, 11) is 1.49. The van der Waals surface area contributed by atoms with Crippen molar-refractivity contribution in [3.05, 3.63) is 53.6 Å². The molecule has 1 aliphatic carbocycles. The largest absolute Gasteiger partial charge is 0.504 e. The maximum absolute atomic E-state index is 12.8. The first-order valence-corrected chi connectivity index (χ1v) is 11.7. The van der Waals surface area contributed by atoms with Gasteiger partial charge in [0.1, 0.15) is 5.75 Å². The summed E-state index contributed by atoms with van der Waals surface area (Å²) in [5.74, 6) is 1.41. The van der Waals surface area contributed by atoms with Crippen molar-refractivity contribution < 1.29 is 24.2 Å². The molecule has 0 aromatic heterocycles. The lowest BCUT2D eigenvalue weighted by Crippen LogP contribution is -2.44. The summed E-state index contributed by atoms with van der Waals surface area (Å²) in [6.07, 6.45) is 5.60. The SMILES string of the molecule is COc1cc(CNC(=O)C2CCN(C(=O)Oc3ccccc3C3CCCC3)CC2)ccc1O. The minimum Gasteiger partial charge on any atom is -0.504 e. The molecule has 2 aromatic carbocycles. The Labute approximate surface area is 194 Å². The second-order valence-corrected chi connectivity index (χ2v) is 8.87. The third-order valence-corrected chi connectivity index (χ3v) is 6.75. The van der Waals surface area contributed by atoms with Crippen LogP contribution in [0.1, 0.15) is 55.6 Å². The van der Waals surface area contributed by atoms with Crippen molar-refractivity contribution in [3.8, 4) is 17.2 Å². The molecular formula is C26H32N2O5. The Kier molecular flexibility index (Phi) is 7.37. The number of nitrogens with zero attached hydrogens (tertiary/aromatic N) is 1. The molecule has 0 spiro atoms. The second kappa shape index (κ2) is 10.6. The molecule has 1 saturated carbocycles. The number of nitrogens with one attached hydrogen (secondary N) is 1. The maximum Gasteiger partial charge on any atom is 0.415 e. The highest BCUT2D eigenvalue weighted by atomic mass is 16.6. The van der Waals surface area contributed by atoms with Gasteiger partial charge in [0.2, 0.25) is 5.91 Å². The van der Waals surface area contributed by atoms with Gasteiger partial charge in [0, 0.05) is 25.6 Å². The number of ether oxygens (including phenoxy) is 2. The van der Waals surface area contributed by atoms with Crippen LogP contribution in [0.15, 0.2) is 42.5 Å². The minimum atomic E-state index is -0.338. The van der Waals surface area contributed by atoms with Gasteiger partial charge in [-0.25, -0.2) is 4.79 Å². The zero-order valence-electron chi connectivity index (χ0n) is 19.1. The van der Waals surface area contributed by atoms with Gasteiger partial charge in [-0.3, -0.25) is 4.79 Å². The van der Waals surface area contributed by atoms with E-state index in [0.717, 1.165) is 24.0 Å². The highest BCUT2D eigenvalue weighted by Crippen LogP contribution is 2.38. The molecule has 1 aliphatic heterocycles. The lowest BCUT2D eigenvalue weighted by atomic mass is 9.96. The molecule has 0 radical (unpaired) electrons. The molecule has 1 heterocycles. The van der Waals surface area contributed by atoms with E-state index in [9.17, 15) is 14.7 Å². The van der Waals surface area contributed by atoms with Gasteiger partial charge in [-0.15, -0.1) is 0 Å². The number of carbonyl (C=O) groups is 2. The highest BCUT2D eigenvalue weighted by Gasteiger charge is 2.29. The summed E-state index contributed by atoms with van der Waals surface area (Å²) in [5.41, 5.74) is 1.98. The van der Waals surface area contributed by atoms with Gasteiger partial charge in [0.05, 0.1) is 7.11 Å². The smallest absolute Gasteiger partial charge is 0.415 e. The lowest BCUT2D eigenvalue weighted by Gasteiger charge is -2.31. The molecule has 0 unspecified atom stereocenters. The quantitative estimate of drug-likeness (QED) is 0.670. The van der Waals surface area contributed by atoms with E-state index in [-0.39, 0.29) is 23.7 Å². The third kappa shape index (κ3) is 5.59. The summed E-state index contributed by atoms with van der Waals surface area (Å²) >= 11 is 0. The number of benzene rings is 2. The van der Waals surface area contributed by atoms with Crippen LogP contribution in [0.25, 0.3) is 0 Å². The Bertz CT molecular complexity index is 978. The number of amides is 2. The Hall–Kier alpha value is -3.22. The number of methoxy groups -OCH3 is 1. The number of carbonyl (C=O) groups excluding carboxylic acids is 2. The average Bonchev–Trinajstić information content (AvgIpc) is 3.38. The molecule has 2 aromatic rings. The van der Waals surface area contributed by atoms with Gasteiger partial charge >= 0.3 is 6.09 Å². The van der Waals surface area contributed by atoms with Crippen molar-refractivity contribution in [2.75, 3.05) is 20.2 Å². The van der Waals surface area contributed by atoms with E-state index >= 15 is 0 Å². The van der Waals surface area contributed by atoms with Crippen LogP contribution in [0.2, 0.25) is 0 Å². The Balaban J connectivity index is 1.26. The number of hydrogen-bond acceptors (Lipinski definition) is 5. The molecule has 4 rings (SSSR count). The lowest BCUT2D eigenvalue weighted by molar-refractivity contribution is -0.126. The standard InChI is InChI=1S/C26H32N2O5/c1-32-24-16-18(10-11-22(24)29)17-27-25(30)20-12-14-28(15-13-20)26(31)33-23-9-5-4-8-21(23)19-6-2-3-7-19/h4-5,8-11,16,19-20,29H,2-3,6-7,12-15,17H2,1H3,(H,27,30). The first-order valence-electron chi connectivity index (χ1n) is 11.7. The average molecular weight is 453 g/mol. The predicted molar refractivity (Wildman–Crippen MR) is 124 cm³/mol. The van der Waals surface area contributed by atoms with Gasteiger partial charge < -0.3 is 24.8 Å². The first kappa shape index (κ1) is 23.0. The summed E-state index contributed by atoms with van der Waals surface area (Å²) in [5, 5.41) is 12.6. The van der Waals surface area contributed by atoms with Crippen LogP contribution in [-0.2, 0) is 11.3 Å². The molecule has 2 N–H and O–H groups in total. The van der Waals surface area contributed by atoms with Crippen LogP contribution in [0.3, 0.4) is 0 Å². The zero-order valence-corrected chi connectivity index (χ0v) is 19.1. The van der Waals surface area contributed by atoms with Gasteiger partial charge in [0.25, 0.3) is 0 Å². The van der Waals surface area contributed by atoms with Crippen LogP contribution in [-0.4, -0.2) is 42.2 Å². The van der Waals surface area contributed by atoms with Gasteiger partial charge in [-0.05, 0) is 60.9 Å². The number of phenols is 1. The van der Waals surface area contributed by atoms with Crippen LogP contribution >= 0.6 is 0 Å². The van der Waals surface area contributed by atoms with Crippen LogP contribution in [0.5, 0.6) is 17.2 Å². The second-order valence-electron chi connectivity index (χ2n) is 8.87. The van der Waals surface area contributed by atoms with Crippen molar-refractivity contribution in [1.29, 1.82) is 0 Å². The van der Waals surface area contributed by atoms with Gasteiger partial charge in [-0.1, -0.05) is 37.1 Å². The zero-order chi connectivity index (χ0) is 23.2. The Morgan fingerprint density at radius 3 is 2.48 bits per heavy atom. The minimum absolute atomic E-state index is 0.0263. The normalized spacial score (nSPS) is 17.1. The predicted octanol–water partition coefficient (Wildman–Crippen LogP) is 4.59. The van der Waals surface area contributed by atoms with Crippen molar-refractivity contribution in [3.63, 3.8) is 0 Å². The number of rotatable bonds is 6. The Morgan fingerprint density at radius 1 is 1.03 bits per heavy atom. The Morgan fingerprint density at radius 2 is 1.76 bits per heavy atom. The topological polar surface area (TPSA) is 88.1 Å². The number of aromatic hydroxyl groups is 1. The molecule has 0 atom stereocenters. The number of likely N-dealkylation sites (tertiary alicyclic amines) is 1. The van der Waals surface area contributed by atoms with E-state index < -0.39 is 0 Å². The molecule has 7 nitrogen and oxygen atoms in total. The van der Waals surface area contributed by atoms with E-state index in [1.54, 1.807) is 23.1 Å². The summed E-state index contributed by atoms with van der Waals surface area (Å²) in [4.78, 5) is 27.1. The van der Waals surface area contributed by atoms with Crippen molar-refractivity contribution in [1.82, 2.24) is 10.2 Å². The fourth-order valence-corrected chi connectivity index (χ4v) is 4.80. The van der Waals surface area contributed by atoms with Crippen LogP contribution in [0.4, 0.5) is 4.79 Å². The van der Waals surface area contributed by atoms with E-state index in [2.05, 4.69) is 11.4 Å². The fourth-order valence-electron chi connectivity index (χ4n) is 4.80. The van der Waals surface area contributed by atoms with Gasteiger partial charge in [0.15, 0.2) is 11.5 Å². The molecule has 176 valence electrons. The van der Waals surface area contributed by atoms with Crippen molar-refractivity contribution >= 4 is 12.0 Å². The summed E-state index contributed by atoms with van der Waals surface area (Å²) in [6, 6.07) is 12.9. The van der Waals surface area contributed by atoms with Crippen LogP contribution in [0, 0.1) is 5.92 Å². The number of piperidine rings is 1. The van der Waals surface area contributed by atoms with Gasteiger partial charge in [-0.2, -0.15) is 0 Å². The van der Waals surface area contributed by atoms with Crippen molar-refractivity contribution in [2.45, 2.75) is 51.0 Å². The molecule has 2 fully saturated rings. The molecule has 1 saturated heterocycles. The van der Waals surface area contributed by atoms with E-state index in [0.29, 0.717) is 49.9 Å².